The number of carbonyl (C=O) groups is 1. The van der Waals surface area contributed by atoms with Crippen LogP contribution < -0.4 is 4.90 Å². The van der Waals surface area contributed by atoms with Gasteiger partial charge in [-0.1, -0.05) is 6.92 Å². The predicted molar refractivity (Wildman–Crippen MR) is 64.4 cm³/mol. The van der Waals surface area contributed by atoms with Gasteiger partial charge in [-0.25, -0.2) is 4.98 Å². The Bertz CT molecular complexity index is 504. The summed E-state index contributed by atoms with van der Waals surface area (Å²) < 4.78 is 0. The standard InChI is InChI=1S/C12H15N3O/c1-3-4-12(16)15(2)9-5-6-10-11(7-9)14-8-13-10/h5-8H,3-4H2,1-2H3,(H,13,14). The number of hydrogen-bond donors (Lipinski definition) is 1. The SMILES string of the molecule is CCCC(=O)N(C)c1ccc2nc[nH]c2c1. The molecule has 0 spiro atoms. The number of imidazole rings is 1. The summed E-state index contributed by atoms with van der Waals surface area (Å²) in [7, 11) is 1.80. The third-order valence-corrected chi connectivity index (χ3v) is 2.63. The van der Waals surface area contributed by atoms with Gasteiger partial charge in [-0.05, 0) is 24.6 Å². The zero-order valence-electron chi connectivity index (χ0n) is 9.53. The normalized spacial score (nSPS) is 10.6. The number of anilines is 1. The molecule has 1 aromatic carbocycles. The average molecular weight is 217 g/mol. The number of aromatic nitrogens is 2. The number of benzene rings is 1. The van der Waals surface area contributed by atoms with E-state index in [0.717, 1.165) is 23.1 Å². The molecule has 16 heavy (non-hydrogen) atoms. The fourth-order valence-electron chi connectivity index (χ4n) is 1.66. The van der Waals surface area contributed by atoms with E-state index < -0.39 is 0 Å². The third-order valence-electron chi connectivity index (χ3n) is 2.63. The Labute approximate surface area is 94.3 Å². The topological polar surface area (TPSA) is 49.0 Å². The quantitative estimate of drug-likeness (QED) is 0.857. The minimum absolute atomic E-state index is 0.140. The molecule has 1 amide bonds. The maximum atomic E-state index is 11.7. The molecule has 0 aliphatic rings. The number of H-pyrrole nitrogens is 1. The van der Waals surface area contributed by atoms with Gasteiger partial charge in [-0.15, -0.1) is 0 Å². The molecule has 1 heterocycles. The summed E-state index contributed by atoms with van der Waals surface area (Å²) in [6.45, 7) is 2.00. The van der Waals surface area contributed by atoms with Crippen LogP contribution in [0.2, 0.25) is 0 Å². The fraction of sp³-hybridized carbons (Fsp3) is 0.333. The van der Waals surface area contributed by atoms with Crippen molar-refractivity contribution in [2.75, 3.05) is 11.9 Å². The molecule has 4 nitrogen and oxygen atoms in total. The Kier molecular flexibility index (Phi) is 2.90. The lowest BCUT2D eigenvalue weighted by molar-refractivity contribution is -0.118. The Balaban J connectivity index is 2.28. The zero-order valence-corrected chi connectivity index (χ0v) is 9.53. The van der Waals surface area contributed by atoms with Crippen LogP contribution in [0.4, 0.5) is 5.69 Å². The van der Waals surface area contributed by atoms with Crippen LogP contribution in [0, 0.1) is 0 Å². The first kappa shape index (κ1) is 10.7. The number of fused-ring (bicyclic) bond motifs is 1. The van der Waals surface area contributed by atoms with Crippen molar-refractivity contribution in [1.29, 1.82) is 0 Å². The van der Waals surface area contributed by atoms with Crippen LogP contribution in [0.5, 0.6) is 0 Å². The van der Waals surface area contributed by atoms with Crippen LogP contribution in [-0.2, 0) is 4.79 Å². The van der Waals surface area contributed by atoms with E-state index in [9.17, 15) is 4.79 Å². The van der Waals surface area contributed by atoms with Crippen LogP contribution in [-0.4, -0.2) is 22.9 Å². The molecule has 0 atom stereocenters. The summed E-state index contributed by atoms with van der Waals surface area (Å²) in [6, 6.07) is 5.77. The molecule has 0 bridgehead atoms. The van der Waals surface area contributed by atoms with E-state index in [1.165, 1.54) is 0 Å². The van der Waals surface area contributed by atoms with E-state index in [1.807, 2.05) is 25.1 Å². The van der Waals surface area contributed by atoms with Crippen LogP contribution in [0.3, 0.4) is 0 Å². The van der Waals surface area contributed by atoms with Gasteiger partial charge >= 0.3 is 0 Å². The zero-order chi connectivity index (χ0) is 11.5. The maximum Gasteiger partial charge on any atom is 0.226 e. The summed E-state index contributed by atoms with van der Waals surface area (Å²) in [5.74, 6) is 0.140. The predicted octanol–water partition coefficient (Wildman–Crippen LogP) is 2.33. The van der Waals surface area contributed by atoms with Crippen molar-refractivity contribution in [2.45, 2.75) is 19.8 Å². The van der Waals surface area contributed by atoms with Gasteiger partial charge in [0.2, 0.25) is 5.91 Å². The lowest BCUT2D eigenvalue weighted by Gasteiger charge is -2.16. The third kappa shape index (κ3) is 1.91. The minimum atomic E-state index is 0.140. The number of carbonyl (C=O) groups excluding carboxylic acids is 1. The Morgan fingerprint density at radius 3 is 3.06 bits per heavy atom. The molecule has 2 rings (SSSR count). The average Bonchev–Trinajstić information content (AvgIpc) is 2.75. The lowest BCUT2D eigenvalue weighted by Crippen LogP contribution is -2.25. The van der Waals surface area contributed by atoms with Crippen molar-refractivity contribution in [3.63, 3.8) is 0 Å². The van der Waals surface area contributed by atoms with Crippen molar-refractivity contribution < 1.29 is 4.79 Å². The molecular formula is C12H15N3O. The first-order chi connectivity index (χ1) is 7.72. The van der Waals surface area contributed by atoms with Crippen molar-refractivity contribution in [1.82, 2.24) is 9.97 Å². The van der Waals surface area contributed by atoms with Gasteiger partial charge in [0, 0.05) is 19.2 Å². The number of nitrogens with one attached hydrogen (secondary N) is 1. The highest BCUT2D eigenvalue weighted by atomic mass is 16.2. The molecule has 0 aliphatic carbocycles. The lowest BCUT2D eigenvalue weighted by atomic mass is 10.2. The first-order valence-electron chi connectivity index (χ1n) is 5.42. The number of rotatable bonds is 3. The monoisotopic (exact) mass is 217 g/mol. The summed E-state index contributed by atoms with van der Waals surface area (Å²) in [5, 5.41) is 0. The first-order valence-corrected chi connectivity index (χ1v) is 5.42. The highest BCUT2D eigenvalue weighted by Gasteiger charge is 2.10. The van der Waals surface area contributed by atoms with Crippen molar-refractivity contribution in [3.05, 3.63) is 24.5 Å². The van der Waals surface area contributed by atoms with Crippen molar-refractivity contribution >= 4 is 22.6 Å². The molecule has 0 aliphatic heterocycles. The molecule has 2 aromatic rings. The van der Waals surface area contributed by atoms with E-state index in [1.54, 1.807) is 18.3 Å². The van der Waals surface area contributed by atoms with E-state index in [4.69, 9.17) is 0 Å². The fourth-order valence-corrected chi connectivity index (χ4v) is 1.66. The van der Waals surface area contributed by atoms with Crippen molar-refractivity contribution in [3.8, 4) is 0 Å². The summed E-state index contributed by atoms with van der Waals surface area (Å²) >= 11 is 0. The highest BCUT2D eigenvalue weighted by molar-refractivity contribution is 5.94. The summed E-state index contributed by atoms with van der Waals surface area (Å²) in [5.41, 5.74) is 2.77. The second-order valence-electron chi connectivity index (χ2n) is 3.81. The molecule has 1 aromatic heterocycles. The Morgan fingerprint density at radius 2 is 2.31 bits per heavy atom. The Hall–Kier alpha value is -1.84. The summed E-state index contributed by atoms with van der Waals surface area (Å²) in [6.07, 6.45) is 3.11. The number of hydrogen-bond acceptors (Lipinski definition) is 2. The van der Waals surface area contributed by atoms with Crippen LogP contribution in [0.15, 0.2) is 24.5 Å². The molecule has 84 valence electrons. The van der Waals surface area contributed by atoms with Gasteiger partial charge in [0.15, 0.2) is 0 Å². The molecule has 4 heteroatoms. The number of nitrogens with zero attached hydrogens (tertiary/aromatic N) is 2. The highest BCUT2D eigenvalue weighted by Crippen LogP contribution is 2.19. The van der Waals surface area contributed by atoms with Gasteiger partial charge in [-0.3, -0.25) is 4.79 Å². The molecule has 0 unspecified atom stereocenters. The molecule has 0 saturated carbocycles. The molecule has 0 fully saturated rings. The molecule has 0 saturated heterocycles. The van der Waals surface area contributed by atoms with E-state index in [2.05, 4.69) is 9.97 Å². The molecular weight excluding hydrogens is 202 g/mol. The van der Waals surface area contributed by atoms with Gasteiger partial charge in [-0.2, -0.15) is 0 Å². The number of aromatic amines is 1. The van der Waals surface area contributed by atoms with Gasteiger partial charge in [0.25, 0.3) is 0 Å². The number of amides is 1. The van der Waals surface area contributed by atoms with Gasteiger partial charge in [0.05, 0.1) is 17.4 Å². The van der Waals surface area contributed by atoms with Crippen molar-refractivity contribution in [2.24, 2.45) is 0 Å². The molecule has 0 radical (unpaired) electrons. The van der Waals surface area contributed by atoms with E-state index in [-0.39, 0.29) is 5.91 Å². The van der Waals surface area contributed by atoms with Crippen LogP contribution >= 0.6 is 0 Å². The van der Waals surface area contributed by atoms with Crippen LogP contribution in [0.1, 0.15) is 19.8 Å². The molecule has 1 N–H and O–H groups in total. The second-order valence-corrected chi connectivity index (χ2v) is 3.81. The minimum Gasteiger partial charge on any atom is -0.345 e. The van der Waals surface area contributed by atoms with E-state index in [0.29, 0.717) is 6.42 Å². The van der Waals surface area contributed by atoms with Gasteiger partial charge in [0.1, 0.15) is 0 Å². The van der Waals surface area contributed by atoms with Crippen LogP contribution in [0.25, 0.3) is 11.0 Å². The second kappa shape index (κ2) is 4.35. The Morgan fingerprint density at radius 1 is 1.50 bits per heavy atom. The largest absolute Gasteiger partial charge is 0.345 e. The summed E-state index contributed by atoms with van der Waals surface area (Å²) in [4.78, 5) is 20.6. The van der Waals surface area contributed by atoms with E-state index >= 15 is 0 Å². The maximum absolute atomic E-state index is 11.7. The van der Waals surface area contributed by atoms with Gasteiger partial charge < -0.3 is 9.88 Å². The smallest absolute Gasteiger partial charge is 0.226 e.